The number of aromatic amines is 1. The SMILES string of the molecule is CC(=O)Nc1ccc(S(=O)(=O)NCc2cc3cccc(C)c3[nH]c2=O)cc1. The molecule has 3 aromatic rings. The lowest BCUT2D eigenvalue weighted by Gasteiger charge is -2.09. The fourth-order valence-electron chi connectivity index (χ4n) is 2.74. The van der Waals surface area contributed by atoms with Crippen LogP contribution in [-0.4, -0.2) is 19.3 Å². The van der Waals surface area contributed by atoms with E-state index in [0.29, 0.717) is 11.3 Å². The van der Waals surface area contributed by atoms with Crippen LogP contribution in [0, 0.1) is 6.92 Å². The largest absolute Gasteiger partial charge is 0.326 e. The Morgan fingerprint density at radius 1 is 1.11 bits per heavy atom. The van der Waals surface area contributed by atoms with Gasteiger partial charge in [0.05, 0.1) is 10.4 Å². The Kier molecular flexibility index (Phi) is 5.11. The molecule has 8 heteroatoms. The van der Waals surface area contributed by atoms with Gasteiger partial charge in [-0.3, -0.25) is 9.59 Å². The molecule has 1 aromatic heterocycles. The Balaban J connectivity index is 1.81. The molecular formula is C19H19N3O4S. The average molecular weight is 385 g/mol. The first kappa shape index (κ1) is 18.8. The second-order valence-electron chi connectivity index (χ2n) is 6.19. The lowest BCUT2D eigenvalue weighted by Crippen LogP contribution is -2.27. The minimum absolute atomic E-state index is 0.0460. The highest BCUT2D eigenvalue weighted by Gasteiger charge is 2.15. The number of rotatable bonds is 5. The molecule has 140 valence electrons. The highest BCUT2D eigenvalue weighted by molar-refractivity contribution is 7.89. The second kappa shape index (κ2) is 7.34. The molecule has 7 nitrogen and oxygen atoms in total. The van der Waals surface area contributed by atoms with Gasteiger partial charge in [-0.15, -0.1) is 0 Å². The molecule has 0 unspecified atom stereocenters. The normalized spacial score (nSPS) is 11.5. The van der Waals surface area contributed by atoms with E-state index in [2.05, 4.69) is 15.0 Å². The zero-order valence-corrected chi connectivity index (χ0v) is 15.7. The first-order valence-corrected chi connectivity index (χ1v) is 9.73. The number of hydrogen-bond donors (Lipinski definition) is 3. The van der Waals surface area contributed by atoms with E-state index in [1.807, 2.05) is 25.1 Å². The maximum Gasteiger partial charge on any atom is 0.252 e. The molecule has 0 radical (unpaired) electrons. The van der Waals surface area contributed by atoms with Crippen LogP contribution >= 0.6 is 0 Å². The maximum atomic E-state index is 12.5. The molecule has 0 spiro atoms. The third kappa shape index (κ3) is 4.24. The van der Waals surface area contributed by atoms with Gasteiger partial charge in [0, 0.05) is 24.7 Å². The molecule has 3 N–H and O–H groups in total. The Bertz CT molecular complexity index is 1170. The third-order valence-corrected chi connectivity index (χ3v) is 5.52. The fourth-order valence-corrected chi connectivity index (χ4v) is 3.74. The number of anilines is 1. The predicted octanol–water partition coefficient (Wildman–Crippen LogP) is 2.27. The van der Waals surface area contributed by atoms with Gasteiger partial charge in [0.25, 0.3) is 5.56 Å². The van der Waals surface area contributed by atoms with Gasteiger partial charge in [0.2, 0.25) is 15.9 Å². The lowest BCUT2D eigenvalue weighted by molar-refractivity contribution is -0.114. The fraction of sp³-hybridized carbons (Fsp3) is 0.158. The van der Waals surface area contributed by atoms with Gasteiger partial charge >= 0.3 is 0 Å². The van der Waals surface area contributed by atoms with Gasteiger partial charge in [-0.25, -0.2) is 13.1 Å². The number of H-pyrrole nitrogens is 1. The minimum Gasteiger partial charge on any atom is -0.326 e. The zero-order chi connectivity index (χ0) is 19.6. The van der Waals surface area contributed by atoms with Crippen LogP contribution in [0.1, 0.15) is 18.1 Å². The summed E-state index contributed by atoms with van der Waals surface area (Å²) in [5.74, 6) is -0.241. The first-order valence-electron chi connectivity index (χ1n) is 8.25. The highest BCUT2D eigenvalue weighted by Crippen LogP contribution is 2.16. The quantitative estimate of drug-likeness (QED) is 0.626. The van der Waals surface area contributed by atoms with Gasteiger partial charge < -0.3 is 10.3 Å². The highest BCUT2D eigenvalue weighted by atomic mass is 32.2. The summed E-state index contributed by atoms with van der Waals surface area (Å²) in [4.78, 5) is 26.1. The van der Waals surface area contributed by atoms with Crippen LogP contribution in [-0.2, 0) is 21.4 Å². The van der Waals surface area contributed by atoms with E-state index >= 15 is 0 Å². The minimum atomic E-state index is -3.80. The van der Waals surface area contributed by atoms with Crippen LogP contribution < -0.4 is 15.6 Å². The zero-order valence-electron chi connectivity index (χ0n) is 14.9. The van der Waals surface area contributed by atoms with Gasteiger partial charge in [0.1, 0.15) is 0 Å². The number of fused-ring (bicyclic) bond motifs is 1. The number of carbonyl (C=O) groups excluding carboxylic acids is 1. The average Bonchev–Trinajstić information content (AvgIpc) is 2.61. The summed E-state index contributed by atoms with van der Waals surface area (Å²) in [6.07, 6.45) is 0. The first-order chi connectivity index (χ1) is 12.8. The summed E-state index contributed by atoms with van der Waals surface area (Å²) < 4.78 is 27.4. The summed E-state index contributed by atoms with van der Waals surface area (Å²) in [7, 11) is -3.80. The van der Waals surface area contributed by atoms with E-state index < -0.39 is 10.0 Å². The maximum absolute atomic E-state index is 12.5. The van der Waals surface area contributed by atoms with Crippen LogP contribution in [0.5, 0.6) is 0 Å². The summed E-state index contributed by atoms with van der Waals surface area (Å²) in [6.45, 7) is 3.13. The summed E-state index contributed by atoms with van der Waals surface area (Å²) >= 11 is 0. The molecule has 3 rings (SSSR count). The third-order valence-electron chi connectivity index (χ3n) is 4.10. The number of nitrogens with one attached hydrogen (secondary N) is 3. The van der Waals surface area contributed by atoms with Crippen molar-refractivity contribution in [1.82, 2.24) is 9.71 Å². The Morgan fingerprint density at radius 2 is 1.81 bits per heavy atom. The monoisotopic (exact) mass is 385 g/mol. The number of benzene rings is 2. The molecule has 1 heterocycles. The van der Waals surface area contributed by atoms with E-state index in [0.717, 1.165) is 16.5 Å². The van der Waals surface area contributed by atoms with Gasteiger partial charge in [0.15, 0.2) is 0 Å². The van der Waals surface area contributed by atoms with Crippen molar-refractivity contribution in [2.24, 2.45) is 0 Å². The van der Waals surface area contributed by atoms with Crippen molar-refractivity contribution >= 4 is 32.5 Å². The number of para-hydroxylation sites is 1. The van der Waals surface area contributed by atoms with Gasteiger partial charge in [-0.05, 0) is 48.2 Å². The van der Waals surface area contributed by atoms with Crippen LogP contribution in [0.15, 0.2) is 58.2 Å². The second-order valence-corrected chi connectivity index (χ2v) is 7.96. The molecule has 0 aliphatic carbocycles. The number of amides is 1. The van der Waals surface area contributed by atoms with Crippen molar-refractivity contribution in [3.05, 3.63) is 70.0 Å². The van der Waals surface area contributed by atoms with E-state index in [9.17, 15) is 18.0 Å². The van der Waals surface area contributed by atoms with Crippen molar-refractivity contribution in [1.29, 1.82) is 0 Å². The summed E-state index contributed by atoms with van der Waals surface area (Å²) in [5, 5.41) is 3.41. The lowest BCUT2D eigenvalue weighted by atomic mass is 10.1. The van der Waals surface area contributed by atoms with Crippen LogP contribution in [0.4, 0.5) is 5.69 Å². The number of pyridine rings is 1. The van der Waals surface area contributed by atoms with E-state index in [1.54, 1.807) is 6.07 Å². The van der Waals surface area contributed by atoms with Gasteiger partial charge in [-0.2, -0.15) is 0 Å². The molecule has 0 aliphatic rings. The number of aryl methyl sites for hydroxylation is 1. The Hall–Kier alpha value is -2.97. The van der Waals surface area contributed by atoms with Crippen molar-refractivity contribution < 1.29 is 13.2 Å². The molecule has 0 bridgehead atoms. The van der Waals surface area contributed by atoms with Gasteiger partial charge in [-0.1, -0.05) is 18.2 Å². The molecule has 1 amide bonds. The Labute approximate surface area is 156 Å². The predicted molar refractivity (Wildman–Crippen MR) is 104 cm³/mol. The van der Waals surface area contributed by atoms with Crippen LogP contribution in [0.2, 0.25) is 0 Å². The van der Waals surface area contributed by atoms with Crippen molar-refractivity contribution in [3.8, 4) is 0 Å². The van der Waals surface area contributed by atoms with E-state index in [4.69, 9.17) is 0 Å². The smallest absolute Gasteiger partial charge is 0.252 e. The van der Waals surface area contributed by atoms with Crippen molar-refractivity contribution in [2.75, 3.05) is 5.32 Å². The van der Waals surface area contributed by atoms with Crippen LogP contribution in [0.3, 0.4) is 0 Å². The van der Waals surface area contributed by atoms with Crippen molar-refractivity contribution in [2.45, 2.75) is 25.3 Å². The molecule has 2 aromatic carbocycles. The van der Waals surface area contributed by atoms with Crippen LogP contribution in [0.25, 0.3) is 10.9 Å². The molecular weight excluding hydrogens is 366 g/mol. The number of sulfonamides is 1. The topological polar surface area (TPSA) is 108 Å². The summed E-state index contributed by atoms with van der Waals surface area (Å²) in [6, 6.07) is 13.1. The van der Waals surface area contributed by atoms with E-state index in [-0.39, 0.29) is 22.9 Å². The molecule has 0 aliphatic heterocycles. The molecule has 27 heavy (non-hydrogen) atoms. The Morgan fingerprint density at radius 3 is 2.48 bits per heavy atom. The number of carbonyl (C=O) groups is 1. The van der Waals surface area contributed by atoms with Crippen molar-refractivity contribution in [3.63, 3.8) is 0 Å². The number of aromatic nitrogens is 1. The number of hydrogen-bond acceptors (Lipinski definition) is 4. The molecule has 0 saturated heterocycles. The summed E-state index contributed by atoms with van der Waals surface area (Å²) in [5.41, 5.74) is 2.17. The molecule has 0 fully saturated rings. The standard InChI is InChI=1S/C19H19N3O4S/c1-12-4-3-5-14-10-15(19(24)22-18(12)14)11-20-27(25,26)17-8-6-16(7-9-17)21-13(2)23/h3-10,20H,11H2,1-2H3,(H,21,23)(H,22,24). The molecule has 0 atom stereocenters. The van der Waals surface area contributed by atoms with E-state index in [1.165, 1.54) is 31.2 Å². The molecule has 0 saturated carbocycles.